The van der Waals surface area contributed by atoms with Gasteiger partial charge in [0.2, 0.25) is 0 Å². The minimum absolute atomic E-state index is 0.224. The Morgan fingerprint density at radius 2 is 1.97 bits per heavy atom. The lowest BCUT2D eigenvalue weighted by molar-refractivity contribution is 0.267. The van der Waals surface area contributed by atoms with Gasteiger partial charge in [0.1, 0.15) is 17.8 Å². The van der Waals surface area contributed by atoms with Crippen molar-refractivity contribution in [2.75, 3.05) is 6.61 Å². The normalized spacial score (nSPS) is 11.3. The molecular weight excluding hydrogens is 460 g/mol. The highest BCUT2D eigenvalue weighted by Gasteiger charge is 2.12. The van der Waals surface area contributed by atoms with Crippen LogP contribution in [0, 0.1) is 0 Å². The Morgan fingerprint density at radius 1 is 1.16 bits per heavy atom. The van der Waals surface area contributed by atoms with Gasteiger partial charge in [-0.2, -0.15) is 5.10 Å². The van der Waals surface area contributed by atoms with E-state index in [-0.39, 0.29) is 5.56 Å². The summed E-state index contributed by atoms with van der Waals surface area (Å²) in [7, 11) is 1.75. The fraction of sp³-hybridized carbons (Fsp3) is 0.174. The predicted octanol–water partition coefficient (Wildman–Crippen LogP) is 4.57. The van der Waals surface area contributed by atoms with Crippen molar-refractivity contribution in [2.45, 2.75) is 13.5 Å². The Labute approximate surface area is 187 Å². The van der Waals surface area contributed by atoms with Gasteiger partial charge in [-0.15, -0.1) is 0 Å². The molecule has 0 aliphatic rings. The number of aromatic nitrogens is 4. The largest absolute Gasteiger partial charge is 0.490 e. The highest BCUT2D eigenvalue weighted by atomic mass is 79.9. The van der Waals surface area contributed by atoms with Crippen molar-refractivity contribution in [1.29, 1.82) is 0 Å². The highest BCUT2D eigenvalue weighted by Crippen LogP contribution is 2.38. The van der Waals surface area contributed by atoms with E-state index in [9.17, 15) is 4.79 Å². The molecule has 2 aromatic carbocycles. The van der Waals surface area contributed by atoms with Crippen LogP contribution in [0.5, 0.6) is 11.5 Å². The summed E-state index contributed by atoms with van der Waals surface area (Å²) in [5.41, 5.74) is 2.25. The van der Waals surface area contributed by atoms with Crippen molar-refractivity contribution < 1.29 is 9.47 Å². The lowest BCUT2D eigenvalue weighted by Crippen LogP contribution is -2.09. The maximum atomic E-state index is 12.2. The number of benzene rings is 2. The Hall–Kier alpha value is -3.39. The first-order chi connectivity index (χ1) is 15.0. The van der Waals surface area contributed by atoms with E-state index in [0.29, 0.717) is 41.6 Å². The van der Waals surface area contributed by atoms with Crippen LogP contribution in [0.2, 0.25) is 0 Å². The van der Waals surface area contributed by atoms with Gasteiger partial charge >= 0.3 is 0 Å². The van der Waals surface area contributed by atoms with E-state index in [1.165, 1.54) is 6.20 Å². The molecule has 31 heavy (non-hydrogen) atoms. The fourth-order valence-corrected chi connectivity index (χ4v) is 3.69. The van der Waals surface area contributed by atoms with Crippen molar-refractivity contribution >= 4 is 39.1 Å². The predicted molar refractivity (Wildman–Crippen MR) is 124 cm³/mol. The number of aryl methyl sites for hydroxylation is 1. The summed E-state index contributed by atoms with van der Waals surface area (Å²) < 4.78 is 14.2. The number of fused-ring (bicyclic) bond motifs is 1. The molecule has 0 aliphatic heterocycles. The Morgan fingerprint density at radius 3 is 2.74 bits per heavy atom. The maximum absolute atomic E-state index is 12.2. The monoisotopic (exact) mass is 480 g/mol. The second-order valence-corrected chi connectivity index (χ2v) is 7.68. The maximum Gasteiger partial charge on any atom is 0.262 e. The van der Waals surface area contributed by atoms with Gasteiger partial charge in [0, 0.05) is 7.05 Å². The van der Waals surface area contributed by atoms with Gasteiger partial charge in [0.05, 0.1) is 17.3 Å². The second-order valence-electron chi connectivity index (χ2n) is 6.83. The molecule has 0 atom stereocenters. The number of ether oxygens (including phenoxy) is 2. The Bertz CT molecular complexity index is 1300. The van der Waals surface area contributed by atoms with Crippen molar-refractivity contribution in [1.82, 2.24) is 19.7 Å². The lowest BCUT2D eigenvalue weighted by atomic mass is 10.2. The zero-order valence-corrected chi connectivity index (χ0v) is 18.7. The van der Waals surface area contributed by atoms with Crippen LogP contribution in [0.3, 0.4) is 0 Å². The molecule has 0 saturated heterocycles. The van der Waals surface area contributed by atoms with Crippen LogP contribution in [0.25, 0.3) is 23.2 Å². The summed E-state index contributed by atoms with van der Waals surface area (Å²) >= 11 is 3.59. The molecule has 158 valence electrons. The number of halogens is 1. The molecule has 2 heterocycles. The van der Waals surface area contributed by atoms with Crippen LogP contribution in [-0.4, -0.2) is 26.4 Å². The van der Waals surface area contributed by atoms with Crippen LogP contribution in [-0.2, 0) is 13.7 Å². The molecule has 0 amide bonds. The zero-order valence-electron chi connectivity index (χ0n) is 17.1. The van der Waals surface area contributed by atoms with Crippen molar-refractivity contribution in [3.63, 3.8) is 0 Å². The van der Waals surface area contributed by atoms with Gasteiger partial charge in [-0.3, -0.25) is 9.48 Å². The summed E-state index contributed by atoms with van der Waals surface area (Å²) in [6.07, 6.45) is 5.11. The molecule has 0 unspecified atom stereocenters. The first kappa shape index (κ1) is 20.9. The molecule has 0 aliphatic carbocycles. The average Bonchev–Trinajstić information content (AvgIpc) is 3.14. The van der Waals surface area contributed by atoms with Crippen molar-refractivity contribution in [2.24, 2.45) is 7.05 Å². The molecule has 2 aromatic heterocycles. The molecule has 0 radical (unpaired) electrons. The molecule has 8 heteroatoms. The molecule has 0 fully saturated rings. The van der Waals surface area contributed by atoms with E-state index in [1.54, 1.807) is 17.8 Å². The summed E-state index contributed by atoms with van der Waals surface area (Å²) in [5, 5.41) is 4.54. The molecule has 0 saturated carbocycles. The quantitative estimate of drug-likeness (QED) is 0.418. The van der Waals surface area contributed by atoms with Crippen molar-refractivity contribution in [3.05, 3.63) is 80.4 Å². The molecule has 4 aromatic rings. The molecule has 0 spiro atoms. The zero-order chi connectivity index (χ0) is 21.8. The summed E-state index contributed by atoms with van der Waals surface area (Å²) in [6, 6.07) is 13.8. The van der Waals surface area contributed by atoms with Crippen LogP contribution in [0.1, 0.15) is 23.9 Å². The number of H-pyrrole nitrogens is 1. The molecular formula is C23H21BrN4O3. The van der Waals surface area contributed by atoms with Gasteiger partial charge in [-0.25, -0.2) is 4.98 Å². The summed E-state index contributed by atoms with van der Waals surface area (Å²) in [6.45, 7) is 2.87. The first-order valence-corrected chi connectivity index (χ1v) is 10.6. The van der Waals surface area contributed by atoms with Gasteiger partial charge in [-0.1, -0.05) is 36.4 Å². The third-order valence-electron chi connectivity index (χ3n) is 4.61. The number of hydrogen-bond donors (Lipinski definition) is 1. The standard InChI is InChI=1S/C23H21BrN4O3/c1-3-30-19-12-16(11-18(24)21(19)31-14-15-7-5-4-6-8-15)9-10-20-26-22-17(23(29)27-20)13-25-28(22)2/h4-13H,3,14H2,1-2H3,(H,26,27,29)/b10-9+. The fourth-order valence-electron chi connectivity index (χ4n) is 3.12. The van der Waals surface area contributed by atoms with Crippen molar-refractivity contribution in [3.8, 4) is 11.5 Å². The van der Waals surface area contributed by atoms with Crippen LogP contribution < -0.4 is 15.0 Å². The Kier molecular flexibility index (Phi) is 6.18. The summed E-state index contributed by atoms with van der Waals surface area (Å²) in [4.78, 5) is 19.5. The highest BCUT2D eigenvalue weighted by molar-refractivity contribution is 9.10. The number of aromatic amines is 1. The van der Waals surface area contributed by atoms with Gasteiger partial charge in [0.25, 0.3) is 5.56 Å². The van der Waals surface area contributed by atoms with Crippen LogP contribution in [0.4, 0.5) is 0 Å². The smallest absolute Gasteiger partial charge is 0.262 e. The first-order valence-electron chi connectivity index (χ1n) is 9.78. The molecule has 0 bridgehead atoms. The third kappa shape index (κ3) is 4.69. The van der Waals surface area contributed by atoms with Crippen LogP contribution >= 0.6 is 15.9 Å². The number of nitrogens with one attached hydrogen (secondary N) is 1. The van der Waals surface area contributed by atoms with Crippen LogP contribution in [0.15, 0.2) is 57.9 Å². The van der Waals surface area contributed by atoms with E-state index in [0.717, 1.165) is 15.6 Å². The average molecular weight is 481 g/mol. The topological polar surface area (TPSA) is 82.0 Å². The number of hydrogen-bond acceptors (Lipinski definition) is 5. The van der Waals surface area contributed by atoms with E-state index in [2.05, 4.69) is 31.0 Å². The minimum Gasteiger partial charge on any atom is -0.490 e. The molecule has 4 rings (SSSR count). The van der Waals surface area contributed by atoms with E-state index in [1.807, 2.05) is 55.5 Å². The molecule has 7 nitrogen and oxygen atoms in total. The van der Waals surface area contributed by atoms with E-state index < -0.39 is 0 Å². The molecule has 1 N–H and O–H groups in total. The number of rotatable bonds is 7. The van der Waals surface area contributed by atoms with Gasteiger partial charge < -0.3 is 14.5 Å². The second kappa shape index (κ2) is 9.18. The third-order valence-corrected chi connectivity index (χ3v) is 5.20. The summed E-state index contributed by atoms with van der Waals surface area (Å²) in [5.74, 6) is 1.72. The van der Waals surface area contributed by atoms with E-state index in [4.69, 9.17) is 9.47 Å². The van der Waals surface area contributed by atoms with Gasteiger partial charge in [-0.05, 0) is 52.2 Å². The Balaban J connectivity index is 1.61. The van der Waals surface area contributed by atoms with Gasteiger partial charge in [0.15, 0.2) is 17.1 Å². The van der Waals surface area contributed by atoms with E-state index >= 15 is 0 Å². The number of nitrogens with zero attached hydrogens (tertiary/aromatic N) is 3. The minimum atomic E-state index is -0.224. The lowest BCUT2D eigenvalue weighted by Gasteiger charge is -2.15. The SMILES string of the molecule is CCOc1cc(/C=C/c2nc3c(cnn3C)c(=O)[nH]2)cc(Br)c1OCc1ccccc1.